The van der Waals surface area contributed by atoms with Crippen molar-refractivity contribution >= 4 is 33.2 Å². The van der Waals surface area contributed by atoms with Crippen LogP contribution in [0.15, 0.2) is 48.5 Å². The molecule has 0 aliphatic rings. The summed E-state index contributed by atoms with van der Waals surface area (Å²) in [6, 6.07) is 13.5. The Balaban J connectivity index is 2.17. The molecule has 7 heteroatoms. The number of benzene rings is 2. The summed E-state index contributed by atoms with van der Waals surface area (Å²) in [4.78, 5) is 12.3. The number of halogens is 1. The predicted molar refractivity (Wildman–Crippen MR) is 96.6 cm³/mol. The Labute approximate surface area is 147 Å². The van der Waals surface area contributed by atoms with Crippen molar-refractivity contribution in [2.24, 2.45) is 0 Å². The van der Waals surface area contributed by atoms with Gasteiger partial charge in [0.05, 0.1) is 12.3 Å². The number of carbonyl (C=O) groups is 1. The second-order valence-corrected chi connectivity index (χ2v) is 7.78. The Bertz CT molecular complexity index is 820. The molecule has 0 heterocycles. The average molecular weight is 367 g/mol. The van der Waals surface area contributed by atoms with Gasteiger partial charge in [0.25, 0.3) is 0 Å². The van der Waals surface area contributed by atoms with E-state index in [4.69, 9.17) is 11.6 Å². The van der Waals surface area contributed by atoms with Gasteiger partial charge in [-0.25, -0.2) is 13.1 Å². The molecule has 0 saturated carbocycles. The number of hydrogen-bond acceptors (Lipinski definition) is 3. The average Bonchev–Trinajstić information content (AvgIpc) is 2.48. The van der Waals surface area contributed by atoms with E-state index in [0.29, 0.717) is 16.3 Å². The van der Waals surface area contributed by atoms with Crippen LogP contribution in [-0.2, 0) is 14.8 Å². The van der Waals surface area contributed by atoms with Gasteiger partial charge in [0.2, 0.25) is 15.9 Å². The minimum absolute atomic E-state index is 0.0248. The van der Waals surface area contributed by atoms with Crippen LogP contribution < -0.4 is 10.0 Å². The lowest BCUT2D eigenvalue weighted by atomic mass is 10.0. The summed E-state index contributed by atoms with van der Waals surface area (Å²) in [6.45, 7) is 1.89. The Kier molecular flexibility index (Phi) is 5.99. The van der Waals surface area contributed by atoms with Gasteiger partial charge in [-0.1, -0.05) is 41.9 Å². The monoisotopic (exact) mass is 366 g/mol. The van der Waals surface area contributed by atoms with E-state index in [2.05, 4.69) is 10.0 Å². The highest BCUT2D eigenvalue weighted by atomic mass is 35.5. The smallest absolute Gasteiger partial charge is 0.226 e. The Morgan fingerprint density at radius 3 is 2.33 bits per heavy atom. The summed E-state index contributed by atoms with van der Waals surface area (Å²) < 4.78 is 25.7. The minimum atomic E-state index is -3.47. The second kappa shape index (κ2) is 7.79. The molecule has 0 unspecified atom stereocenters. The highest BCUT2D eigenvalue weighted by Gasteiger charge is 2.20. The third-order valence-electron chi connectivity index (χ3n) is 3.44. The lowest BCUT2D eigenvalue weighted by Crippen LogP contribution is -2.30. The Morgan fingerprint density at radius 2 is 1.75 bits per heavy atom. The van der Waals surface area contributed by atoms with Gasteiger partial charge in [0.1, 0.15) is 0 Å². The first-order chi connectivity index (χ1) is 11.2. The lowest BCUT2D eigenvalue weighted by Gasteiger charge is -2.18. The summed E-state index contributed by atoms with van der Waals surface area (Å²) in [6.07, 6.45) is 1.04. The van der Waals surface area contributed by atoms with Crippen LogP contribution in [0, 0.1) is 6.92 Å². The van der Waals surface area contributed by atoms with E-state index in [0.717, 1.165) is 11.8 Å². The number of hydrogen-bond donors (Lipinski definition) is 2. The summed E-state index contributed by atoms with van der Waals surface area (Å²) in [5, 5.41) is 3.35. The van der Waals surface area contributed by atoms with Crippen molar-refractivity contribution in [1.29, 1.82) is 0 Å². The zero-order valence-corrected chi connectivity index (χ0v) is 15.0. The third kappa shape index (κ3) is 5.63. The molecule has 0 saturated heterocycles. The van der Waals surface area contributed by atoms with Crippen LogP contribution in [0.1, 0.15) is 23.6 Å². The zero-order chi connectivity index (χ0) is 17.7. The van der Waals surface area contributed by atoms with E-state index in [9.17, 15) is 13.2 Å². The molecule has 1 amide bonds. The van der Waals surface area contributed by atoms with E-state index in [1.165, 1.54) is 0 Å². The molecule has 0 aromatic heterocycles. The van der Waals surface area contributed by atoms with Gasteiger partial charge in [-0.2, -0.15) is 0 Å². The van der Waals surface area contributed by atoms with E-state index in [-0.39, 0.29) is 12.3 Å². The number of aryl methyl sites for hydroxylation is 1. The number of para-hydroxylation sites is 1. The molecule has 0 bridgehead atoms. The van der Waals surface area contributed by atoms with Crippen molar-refractivity contribution in [3.63, 3.8) is 0 Å². The van der Waals surface area contributed by atoms with Gasteiger partial charge in [-0.3, -0.25) is 4.79 Å². The summed E-state index contributed by atoms with van der Waals surface area (Å²) in [5.41, 5.74) is 2.31. The number of sulfonamides is 1. The summed E-state index contributed by atoms with van der Waals surface area (Å²) in [7, 11) is -3.47. The quantitative estimate of drug-likeness (QED) is 0.823. The van der Waals surface area contributed by atoms with Crippen molar-refractivity contribution in [3.8, 4) is 0 Å². The highest BCUT2D eigenvalue weighted by molar-refractivity contribution is 7.88. The SMILES string of the molecule is Cc1ccccc1NC(=O)C[C@@H](NS(C)(=O)=O)c1ccc(Cl)cc1. The molecule has 128 valence electrons. The zero-order valence-electron chi connectivity index (χ0n) is 13.4. The predicted octanol–water partition coefficient (Wildman–Crippen LogP) is 3.27. The first kappa shape index (κ1) is 18.4. The van der Waals surface area contributed by atoms with Crippen LogP contribution >= 0.6 is 11.6 Å². The van der Waals surface area contributed by atoms with E-state index >= 15 is 0 Å². The van der Waals surface area contributed by atoms with Crippen LogP contribution in [0.25, 0.3) is 0 Å². The number of anilines is 1. The maximum absolute atomic E-state index is 12.3. The maximum atomic E-state index is 12.3. The molecule has 0 fully saturated rings. The van der Waals surface area contributed by atoms with E-state index in [1.807, 2.05) is 25.1 Å². The molecule has 0 aliphatic carbocycles. The molecular formula is C17H19ClN2O3S. The van der Waals surface area contributed by atoms with Crippen LogP contribution in [0.2, 0.25) is 5.02 Å². The summed E-state index contributed by atoms with van der Waals surface area (Å²) in [5.74, 6) is -0.277. The topological polar surface area (TPSA) is 75.3 Å². The van der Waals surface area contributed by atoms with Gasteiger partial charge < -0.3 is 5.32 Å². The molecule has 2 N–H and O–H groups in total. The largest absolute Gasteiger partial charge is 0.326 e. The van der Waals surface area contributed by atoms with Gasteiger partial charge in [-0.15, -0.1) is 0 Å². The van der Waals surface area contributed by atoms with Crippen molar-refractivity contribution in [1.82, 2.24) is 4.72 Å². The van der Waals surface area contributed by atoms with Crippen molar-refractivity contribution in [2.75, 3.05) is 11.6 Å². The molecule has 2 rings (SSSR count). The van der Waals surface area contributed by atoms with Gasteiger partial charge in [0, 0.05) is 17.1 Å². The Morgan fingerprint density at radius 1 is 1.12 bits per heavy atom. The fourth-order valence-electron chi connectivity index (χ4n) is 2.28. The fourth-order valence-corrected chi connectivity index (χ4v) is 3.14. The number of carbonyl (C=O) groups excluding carboxylic acids is 1. The maximum Gasteiger partial charge on any atom is 0.226 e. The second-order valence-electron chi connectivity index (χ2n) is 5.56. The number of rotatable bonds is 6. The highest BCUT2D eigenvalue weighted by Crippen LogP contribution is 2.22. The Hall–Kier alpha value is -1.89. The van der Waals surface area contributed by atoms with Crippen molar-refractivity contribution < 1.29 is 13.2 Å². The molecule has 5 nitrogen and oxygen atoms in total. The van der Waals surface area contributed by atoms with Crippen LogP contribution in [0.5, 0.6) is 0 Å². The van der Waals surface area contributed by atoms with E-state index in [1.54, 1.807) is 30.3 Å². The lowest BCUT2D eigenvalue weighted by molar-refractivity contribution is -0.116. The third-order valence-corrected chi connectivity index (χ3v) is 4.40. The van der Waals surface area contributed by atoms with Crippen LogP contribution in [0.3, 0.4) is 0 Å². The normalized spacial score (nSPS) is 12.6. The first-order valence-electron chi connectivity index (χ1n) is 7.33. The molecule has 24 heavy (non-hydrogen) atoms. The van der Waals surface area contributed by atoms with Crippen molar-refractivity contribution in [2.45, 2.75) is 19.4 Å². The molecule has 0 aliphatic heterocycles. The van der Waals surface area contributed by atoms with Gasteiger partial charge >= 0.3 is 0 Å². The van der Waals surface area contributed by atoms with Crippen LogP contribution in [-0.4, -0.2) is 20.6 Å². The first-order valence-corrected chi connectivity index (χ1v) is 9.60. The molecule has 0 spiro atoms. The summed E-state index contributed by atoms with van der Waals surface area (Å²) >= 11 is 5.86. The standard InChI is InChI=1S/C17H19ClN2O3S/c1-12-5-3-4-6-15(12)19-17(21)11-16(20-24(2,22)23)13-7-9-14(18)10-8-13/h3-10,16,20H,11H2,1-2H3,(H,19,21)/t16-/m1/s1. The molecule has 0 radical (unpaired) electrons. The van der Waals surface area contributed by atoms with Gasteiger partial charge in [-0.05, 0) is 36.2 Å². The van der Waals surface area contributed by atoms with Crippen molar-refractivity contribution in [3.05, 3.63) is 64.7 Å². The number of amides is 1. The van der Waals surface area contributed by atoms with E-state index < -0.39 is 16.1 Å². The van der Waals surface area contributed by atoms with Gasteiger partial charge in [0.15, 0.2) is 0 Å². The fraction of sp³-hybridized carbons (Fsp3) is 0.235. The minimum Gasteiger partial charge on any atom is -0.326 e. The molecule has 2 aromatic rings. The number of nitrogens with one attached hydrogen (secondary N) is 2. The molecule has 1 atom stereocenters. The molecular weight excluding hydrogens is 348 g/mol. The van der Waals surface area contributed by atoms with Crippen LogP contribution in [0.4, 0.5) is 5.69 Å². The molecule has 2 aromatic carbocycles.